The van der Waals surface area contributed by atoms with Crippen LogP contribution in [-0.4, -0.2) is 18.3 Å². The van der Waals surface area contributed by atoms with Crippen LogP contribution < -0.4 is 10.1 Å². The van der Waals surface area contributed by atoms with E-state index in [-0.39, 0.29) is 18.3 Å². The number of carbonyl (C=O) groups excluding carboxylic acids is 2. The smallest absolute Gasteiger partial charge is 0.262 e. The van der Waals surface area contributed by atoms with Crippen LogP contribution in [0.4, 0.5) is 5.69 Å². The van der Waals surface area contributed by atoms with Crippen LogP contribution >= 0.6 is 0 Å². The topological polar surface area (TPSA) is 55.4 Å². The second kappa shape index (κ2) is 6.89. The van der Waals surface area contributed by atoms with Gasteiger partial charge in [-0.15, -0.1) is 0 Å². The quantitative estimate of drug-likeness (QED) is 0.859. The van der Waals surface area contributed by atoms with Crippen molar-refractivity contribution in [2.45, 2.75) is 20.8 Å². The molecule has 4 heteroatoms. The molecule has 4 nitrogen and oxygen atoms in total. The van der Waals surface area contributed by atoms with Gasteiger partial charge in [0, 0.05) is 11.3 Å². The molecule has 0 bridgehead atoms. The minimum absolute atomic E-state index is 0.0368. The number of carbonyl (C=O) groups is 2. The number of nitrogens with one attached hydrogen (secondary N) is 1. The predicted octanol–water partition coefficient (Wildman–Crippen LogP) is 3.52. The van der Waals surface area contributed by atoms with Gasteiger partial charge in [0.15, 0.2) is 12.4 Å². The van der Waals surface area contributed by atoms with E-state index in [2.05, 4.69) is 5.32 Å². The highest BCUT2D eigenvalue weighted by Crippen LogP contribution is 2.17. The lowest BCUT2D eigenvalue weighted by Crippen LogP contribution is -2.20. The Kier molecular flexibility index (Phi) is 4.94. The molecule has 0 aliphatic rings. The van der Waals surface area contributed by atoms with Crippen molar-refractivity contribution in [2.75, 3.05) is 11.9 Å². The van der Waals surface area contributed by atoms with Crippen LogP contribution in [-0.2, 0) is 4.79 Å². The van der Waals surface area contributed by atoms with E-state index in [1.165, 1.54) is 6.92 Å². The molecular formula is C18H19NO3. The summed E-state index contributed by atoms with van der Waals surface area (Å²) in [4.78, 5) is 23.3. The molecule has 114 valence electrons. The predicted molar refractivity (Wildman–Crippen MR) is 86.5 cm³/mol. The summed E-state index contributed by atoms with van der Waals surface area (Å²) in [6.07, 6.45) is 0. The van der Waals surface area contributed by atoms with Gasteiger partial charge in [-0.25, -0.2) is 0 Å². The van der Waals surface area contributed by atoms with E-state index in [0.29, 0.717) is 11.3 Å². The third-order valence-corrected chi connectivity index (χ3v) is 3.28. The number of amides is 1. The number of benzene rings is 2. The van der Waals surface area contributed by atoms with Gasteiger partial charge in [0.1, 0.15) is 5.75 Å². The van der Waals surface area contributed by atoms with Gasteiger partial charge in [-0.3, -0.25) is 9.59 Å². The fourth-order valence-corrected chi connectivity index (χ4v) is 2.01. The fourth-order valence-electron chi connectivity index (χ4n) is 2.01. The molecule has 2 aromatic carbocycles. The molecule has 0 unspecified atom stereocenters. The first-order valence-electron chi connectivity index (χ1n) is 7.06. The fraction of sp³-hybridized carbons (Fsp3) is 0.222. The van der Waals surface area contributed by atoms with Crippen LogP contribution in [0.25, 0.3) is 0 Å². The molecule has 0 aliphatic heterocycles. The van der Waals surface area contributed by atoms with E-state index in [0.717, 1.165) is 16.8 Å². The molecule has 0 aromatic heterocycles. The third kappa shape index (κ3) is 4.19. The highest BCUT2D eigenvalue weighted by molar-refractivity contribution is 5.94. The number of aryl methyl sites for hydroxylation is 2. The van der Waals surface area contributed by atoms with Crippen molar-refractivity contribution in [3.8, 4) is 5.75 Å². The van der Waals surface area contributed by atoms with Crippen LogP contribution in [0.2, 0.25) is 0 Å². The van der Waals surface area contributed by atoms with E-state index in [9.17, 15) is 9.59 Å². The van der Waals surface area contributed by atoms with E-state index < -0.39 is 0 Å². The molecule has 0 fully saturated rings. The van der Waals surface area contributed by atoms with E-state index >= 15 is 0 Å². The summed E-state index contributed by atoms with van der Waals surface area (Å²) in [5.74, 6) is 0.232. The summed E-state index contributed by atoms with van der Waals surface area (Å²) in [7, 11) is 0. The average molecular weight is 297 g/mol. The summed E-state index contributed by atoms with van der Waals surface area (Å²) in [5.41, 5.74) is 3.42. The molecule has 0 heterocycles. The Hall–Kier alpha value is -2.62. The van der Waals surface area contributed by atoms with Crippen LogP contribution in [0.15, 0.2) is 42.5 Å². The number of hydrogen-bond donors (Lipinski definition) is 1. The van der Waals surface area contributed by atoms with Crippen LogP contribution in [0.3, 0.4) is 0 Å². The van der Waals surface area contributed by atoms with E-state index in [1.54, 1.807) is 24.3 Å². The third-order valence-electron chi connectivity index (χ3n) is 3.28. The van der Waals surface area contributed by atoms with Crippen molar-refractivity contribution in [3.05, 3.63) is 59.2 Å². The number of rotatable bonds is 5. The zero-order chi connectivity index (χ0) is 16.1. The van der Waals surface area contributed by atoms with Crippen molar-refractivity contribution in [3.63, 3.8) is 0 Å². The molecule has 0 saturated heterocycles. The molecule has 22 heavy (non-hydrogen) atoms. The molecular weight excluding hydrogens is 278 g/mol. The number of hydrogen-bond acceptors (Lipinski definition) is 3. The summed E-state index contributed by atoms with van der Waals surface area (Å²) < 4.78 is 5.44. The Labute approximate surface area is 130 Å². The molecule has 0 atom stereocenters. The Bertz CT molecular complexity index is 707. The first-order chi connectivity index (χ1) is 10.5. The number of Topliss-reactive ketones (excluding diaryl/α,β-unsaturated/α-hetero) is 1. The molecule has 0 aliphatic carbocycles. The van der Waals surface area contributed by atoms with Gasteiger partial charge in [-0.05, 0) is 50.1 Å². The maximum atomic E-state index is 12.0. The van der Waals surface area contributed by atoms with Gasteiger partial charge in [0.25, 0.3) is 5.91 Å². The Morgan fingerprint density at radius 3 is 2.59 bits per heavy atom. The highest BCUT2D eigenvalue weighted by atomic mass is 16.5. The van der Waals surface area contributed by atoms with Crippen molar-refractivity contribution in [2.24, 2.45) is 0 Å². The zero-order valence-corrected chi connectivity index (χ0v) is 13.0. The monoisotopic (exact) mass is 297 g/mol. The van der Waals surface area contributed by atoms with Crippen molar-refractivity contribution >= 4 is 17.4 Å². The normalized spacial score (nSPS) is 10.1. The minimum atomic E-state index is -0.234. The van der Waals surface area contributed by atoms with Gasteiger partial charge >= 0.3 is 0 Å². The first-order valence-corrected chi connectivity index (χ1v) is 7.06. The maximum absolute atomic E-state index is 12.0. The summed E-state index contributed by atoms with van der Waals surface area (Å²) >= 11 is 0. The lowest BCUT2D eigenvalue weighted by Gasteiger charge is -2.10. The van der Waals surface area contributed by atoms with Gasteiger partial charge < -0.3 is 10.1 Å². The molecule has 0 radical (unpaired) electrons. The van der Waals surface area contributed by atoms with Crippen LogP contribution in [0, 0.1) is 13.8 Å². The molecule has 1 N–H and O–H groups in total. The van der Waals surface area contributed by atoms with Crippen molar-refractivity contribution in [1.29, 1.82) is 0 Å². The number of ether oxygens (including phenoxy) is 1. The second-order valence-electron chi connectivity index (χ2n) is 5.24. The minimum Gasteiger partial charge on any atom is -0.484 e. The number of ketones is 1. The number of anilines is 1. The molecule has 1 amide bonds. The zero-order valence-electron chi connectivity index (χ0n) is 13.0. The summed E-state index contributed by atoms with van der Waals surface area (Å²) in [6.45, 7) is 5.30. The standard InChI is InChI=1S/C18H19NO3/c1-12-7-8-13(2)17(9-12)19-18(21)11-22-16-6-4-5-15(10-16)14(3)20/h4-10H,11H2,1-3H3,(H,19,21). The lowest BCUT2D eigenvalue weighted by molar-refractivity contribution is -0.118. The first kappa shape index (κ1) is 15.8. The summed E-state index contributed by atoms with van der Waals surface area (Å²) in [6, 6.07) is 12.7. The summed E-state index contributed by atoms with van der Waals surface area (Å²) in [5, 5.41) is 2.83. The second-order valence-corrected chi connectivity index (χ2v) is 5.24. The maximum Gasteiger partial charge on any atom is 0.262 e. The SMILES string of the molecule is CC(=O)c1cccc(OCC(=O)Nc2cc(C)ccc2C)c1. The van der Waals surface area contributed by atoms with Crippen molar-refractivity contribution in [1.82, 2.24) is 0 Å². The van der Waals surface area contributed by atoms with Crippen LogP contribution in [0.1, 0.15) is 28.4 Å². The van der Waals surface area contributed by atoms with Gasteiger partial charge in [0.05, 0.1) is 0 Å². The Morgan fingerprint density at radius 1 is 1.09 bits per heavy atom. The highest BCUT2D eigenvalue weighted by Gasteiger charge is 2.07. The van der Waals surface area contributed by atoms with Crippen molar-refractivity contribution < 1.29 is 14.3 Å². The van der Waals surface area contributed by atoms with Crippen LogP contribution in [0.5, 0.6) is 5.75 Å². The Balaban J connectivity index is 1.97. The molecule has 0 spiro atoms. The van der Waals surface area contributed by atoms with Gasteiger partial charge in [-0.2, -0.15) is 0 Å². The molecule has 2 rings (SSSR count). The largest absolute Gasteiger partial charge is 0.484 e. The average Bonchev–Trinajstić information content (AvgIpc) is 2.49. The Morgan fingerprint density at radius 2 is 1.86 bits per heavy atom. The molecule has 2 aromatic rings. The van der Waals surface area contributed by atoms with E-state index in [1.807, 2.05) is 32.0 Å². The van der Waals surface area contributed by atoms with E-state index in [4.69, 9.17) is 4.74 Å². The van der Waals surface area contributed by atoms with Gasteiger partial charge in [-0.1, -0.05) is 24.3 Å². The lowest BCUT2D eigenvalue weighted by atomic mass is 10.1. The van der Waals surface area contributed by atoms with Gasteiger partial charge in [0.2, 0.25) is 0 Å². The molecule has 0 saturated carbocycles.